The molecule has 1 saturated heterocycles. The van der Waals surface area contributed by atoms with Gasteiger partial charge in [-0.25, -0.2) is 0 Å². The Bertz CT molecular complexity index is 474. The summed E-state index contributed by atoms with van der Waals surface area (Å²) in [7, 11) is 0. The molecule has 118 valence electrons. The summed E-state index contributed by atoms with van der Waals surface area (Å²) < 4.78 is 37.6. The third kappa shape index (κ3) is 4.25. The van der Waals surface area contributed by atoms with Crippen LogP contribution in [0.5, 0.6) is 11.5 Å². The molecule has 21 heavy (non-hydrogen) atoms. The maximum atomic E-state index is 12.5. The normalized spacial score (nSPS) is 18.6. The van der Waals surface area contributed by atoms with Gasteiger partial charge in [-0.3, -0.25) is 4.90 Å². The van der Waals surface area contributed by atoms with E-state index in [1.165, 1.54) is 12.1 Å². The van der Waals surface area contributed by atoms with Crippen molar-refractivity contribution in [2.24, 2.45) is 0 Å². The molecule has 1 fully saturated rings. The van der Waals surface area contributed by atoms with Gasteiger partial charge < -0.3 is 15.5 Å². The first-order valence-electron chi connectivity index (χ1n) is 6.91. The lowest BCUT2D eigenvalue weighted by Gasteiger charge is -2.35. The van der Waals surface area contributed by atoms with Gasteiger partial charge in [0.1, 0.15) is 0 Å². The smallest absolute Gasteiger partial charge is 0.389 e. The van der Waals surface area contributed by atoms with Crippen LogP contribution in [0.3, 0.4) is 0 Å². The zero-order chi connectivity index (χ0) is 15.5. The Labute approximate surface area is 121 Å². The van der Waals surface area contributed by atoms with Crippen molar-refractivity contribution >= 4 is 0 Å². The minimum absolute atomic E-state index is 0.138. The Kier molecular flexibility index (Phi) is 4.95. The quantitative estimate of drug-likeness (QED) is 0.748. The molecule has 1 aliphatic rings. The summed E-state index contributed by atoms with van der Waals surface area (Å²) in [6.45, 7) is 2.61. The highest BCUT2D eigenvalue weighted by Gasteiger charge is 2.32. The highest BCUT2D eigenvalue weighted by atomic mass is 19.4. The molecule has 0 saturated carbocycles. The number of aromatic hydroxyl groups is 2. The molecule has 0 bridgehead atoms. The minimum Gasteiger partial charge on any atom is -0.504 e. The second kappa shape index (κ2) is 6.53. The molecule has 0 unspecified atom stereocenters. The van der Waals surface area contributed by atoms with Gasteiger partial charge in [-0.1, -0.05) is 12.1 Å². The molecule has 1 aliphatic heterocycles. The van der Waals surface area contributed by atoms with Crippen molar-refractivity contribution in [3.63, 3.8) is 0 Å². The zero-order valence-electron chi connectivity index (χ0n) is 11.5. The van der Waals surface area contributed by atoms with Gasteiger partial charge in [0.2, 0.25) is 0 Å². The Morgan fingerprint density at radius 3 is 2.48 bits per heavy atom. The van der Waals surface area contributed by atoms with Gasteiger partial charge >= 0.3 is 6.18 Å². The fourth-order valence-electron chi connectivity index (χ4n) is 2.65. The van der Waals surface area contributed by atoms with Gasteiger partial charge in [0.15, 0.2) is 11.5 Å². The molecule has 2 rings (SSSR count). The number of alkyl halides is 3. The average Bonchev–Trinajstić information content (AvgIpc) is 2.43. The number of benzene rings is 1. The van der Waals surface area contributed by atoms with Crippen molar-refractivity contribution in [3.8, 4) is 11.5 Å². The van der Waals surface area contributed by atoms with Crippen LogP contribution in [0.4, 0.5) is 13.2 Å². The molecule has 1 heterocycles. The van der Waals surface area contributed by atoms with Crippen molar-refractivity contribution in [2.75, 3.05) is 26.2 Å². The van der Waals surface area contributed by atoms with Crippen LogP contribution < -0.4 is 5.32 Å². The van der Waals surface area contributed by atoms with E-state index < -0.39 is 18.6 Å². The largest absolute Gasteiger partial charge is 0.504 e. The number of phenolic OH excluding ortho intramolecular Hbond substituents is 2. The van der Waals surface area contributed by atoms with E-state index in [0.717, 1.165) is 0 Å². The number of para-hydroxylation sites is 1. The SMILES string of the molecule is Oc1cccc([C@H](CCC(F)(F)F)N2CCNCC2)c1O. The standard InChI is InChI=1S/C14H19F3N2O2/c15-14(16,17)5-4-11(19-8-6-18-7-9-19)10-2-1-3-12(20)13(10)21/h1-3,11,18,20-21H,4-9H2/t11-/m0/s1. The number of phenols is 2. The van der Waals surface area contributed by atoms with Crippen LogP contribution in [0.25, 0.3) is 0 Å². The molecule has 0 amide bonds. The predicted octanol–water partition coefficient (Wildman–Crippen LogP) is 2.39. The molecule has 4 nitrogen and oxygen atoms in total. The summed E-state index contributed by atoms with van der Waals surface area (Å²) in [6.07, 6.45) is -5.30. The van der Waals surface area contributed by atoms with E-state index >= 15 is 0 Å². The van der Waals surface area contributed by atoms with Crippen LogP contribution in [0.2, 0.25) is 0 Å². The number of piperazine rings is 1. The van der Waals surface area contributed by atoms with Crippen LogP contribution in [0.1, 0.15) is 24.4 Å². The maximum Gasteiger partial charge on any atom is 0.389 e. The summed E-state index contributed by atoms with van der Waals surface area (Å²) >= 11 is 0. The summed E-state index contributed by atoms with van der Waals surface area (Å²) in [5, 5.41) is 22.7. The van der Waals surface area contributed by atoms with Gasteiger partial charge in [-0.15, -0.1) is 0 Å². The first-order valence-corrected chi connectivity index (χ1v) is 6.91. The monoisotopic (exact) mass is 304 g/mol. The van der Waals surface area contributed by atoms with E-state index in [-0.39, 0.29) is 17.9 Å². The lowest BCUT2D eigenvalue weighted by molar-refractivity contribution is -0.138. The number of nitrogens with zero attached hydrogens (tertiary/aromatic N) is 1. The van der Waals surface area contributed by atoms with E-state index in [0.29, 0.717) is 31.7 Å². The van der Waals surface area contributed by atoms with Crippen LogP contribution >= 0.6 is 0 Å². The highest BCUT2D eigenvalue weighted by Crippen LogP contribution is 2.39. The van der Waals surface area contributed by atoms with Gasteiger partial charge in [-0.2, -0.15) is 13.2 Å². The fraction of sp³-hybridized carbons (Fsp3) is 0.571. The topological polar surface area (TPSA) is 55.7 Å². The average molecular weight is 304 g/mol. The van der Waals surface area contributed by atoms with Crippen molar-refractivity contribution in [3.05, 3.63) is 23.8 Å². The van der Waals surface area contributed by atoms with Gasteiger partial charge in [-0.05, 0) is 12.5 Å². The number of hydrogen-bond acceptors (Lipinski definition) is 4. The lowest BCUT2D eigenvalue weighted by Crippen LogP contribution is -2.45. The summed E-state index contributed by atoms with van der Waals surface area (Å²) in [4.78, 5) is 1.91. The zero-order valence-corrected chi connectivity index (χ0v) is 11.5. The number of hydrogen-bond donors (Lipinski definition) is 3. The molecular formula is C14H19F3N2O2. The van der Waals surface area contributed by atoms with E-state index in [1.807, 2.05) is 4.90 Å². The molecule has 0 spiro atoms. The van der Waals surface area contributed by atoms with E-state index in [4.69, 9.17) is 0 Å². The summed E-state index contributed by atoms with van der Waals surface area (Å²) in [5.41, 5.74) is 0.348. The van der Waals surface area contributed by atoms with E-state index in [2.05, 4.69) is 5.32 Å². The minimum atomic E-state index is -4.24. The molecule has 0 aromatic heterocycles. The van der Waals surface area contributed by atoms with Crippen LogP contribution in [0, 0.1) is 0 Å². The van der Waals surface area contributed by atoms with Crippen molar-refractivity contribution in [1.82, 2.24) is 10.2 Å². The number of nitrogens with one attached hydrogen (secondary N) is 1. The summed E-state index contributed by atoms with van der Waals surface area (Å²) in [6, 6.07) is 3.86. The molecule has 1 atom stereocenters. The van der Waals surface area contributed by atoms with E-state index in [1.54, 1.807) is 6.07 Å². The fourth-order valence-corrected chi connectivity index (χ4v) is 2.65. The van der Waals surface area contributed by atoms with Crippen LogP contribution in [-0.4, -0.2) is 47.5 Å². The van der Waals surface area contributed by atoms with Gasteiger partial charge in [0, 0.05) is 44.2 Å². The Hall–Kier alpha value is -1.47. The molecule has 7 heteroatoms. The first-order chi connectivity index (χ1) is 9.88. The lowest BCUT2D eigenvalue weighted by atomic mass is 9.98. The van der Waals surface area contributed by atoms with Crippen molar-refractivity contribution < 1.29 is 23.4 Å². The second-order valence-corrected chi connectivity index (χ2v) is 5.17. The third-order valence-electron chi connectivity index (χ3n) is 3.70. The van der Waals surface area contributed by atoms with Crippen molar-refractivity contribution in [2.45, 2.75) is 25.1 Å². The molecule has 0 radical (unpaired) electrons. The van der Waals surface area contributed by atoms with Crippen LogP contribution in [-0.2, 0) is 0 Å². The Morgan fingerprint density at radius 1 is 1.19 bits per heavy atom. The van der Waals surface area contributed by atoms with Crippen LogP contribution in [0.15, 0.2) is 18.2 Å². The number of halogens is 3. The Balaban J connectivity index is 2.23. The molecule has 1 aromatic rings. The molecule has 1 aromatic carbocycles. The van der Waals surface area contributed by atoms with Gasteiger partial charge in [0.25, 0.3) is 0 Å². The highest BCUT2D eigenvalue weighted by molar-refractivity contribution is 5.46. The third-order valence-corrected chi connectivity index (χ3v) is 3.70. The molecule has 3 N–H and O–H groups in total. The van der Waals surface area contributed by atoms with Crippen molar-refractivity contribution in [1.29, 1.82) is 0 Å². The Morgan fingerprint density at radius 2 is 1.86 bits per heavy atom. The molecule has 0 aliphatic carbocycles. The maximum absolute atomic E-state index is 12.5. The van der Waals surface area contributed by atoms with E-state index in [9.17, 15) is 23.4 Å². The second-order valence-electron chi connectivity index (χ2n) is 5.17. The first kappa shape index (κ1) is 15.9. The summed E-state index contributed by atoms with van der Waals surface area (Å²) in [5.74, 6) is -0.636. The van der Waals surface area contributed by atoms with Gasteiger partial charge in [0.05, 0.1) is 0 Å². The number of rotatable bonds is 4. The molecular weight excluding hydrogens is 285 g/mol. The predicted molar refractivity (Wildman–Crippen MR) is 72.2 cm³/mol.